The number of hydrogen-bond donors (Lipinski definition) is 1. The largest absolute Gasteiger partial charge is 0.490 e. The molecule has 7 heteroatoms. The summed E-state index contributed by atoms with van der Waals surface area (Å²) in [6, 6.07) is 17.4. The molecule has 0 aromatic heterocycles. The maximum atomic E-state index is 13.1. The summed E-state index contributed by atoms with van der Waals surface area (Å²) in [4.78, 5) is 11.0. The average molecular weight is 452 g/mol. The van der Waals surface area contributed by atoms with Crippen molar-refractivity contribution in [2.75, 3.05) is 6.61 Å². The van der Waals surface area contributed by atoms with Crippen LogP contribution >= 0.6 is 11.6 Å². The van der Waals surface area contributed by atoms with Crippen molar-refractivity contribution in [2.24, 2.45) is 0 Å². The summed E-state index contributed by atoms with van der Waals surface area (Å²) in [6.07, 6.45) is 1.63. The molecule has 0 saturated heterocycles. The van der Waals surface area contributed by atoms with Crippen molar-refractivity contribution in [1.82, 2.24) is 0 Å². The van der Waals surface area contributed by atoms with Gasteiger partial charge in [0.2, 0.25) is 0 Å². The van der Waals surface area contributed by atoms with Crippen LogP contribution in [0.1, 0.15) is 34.0 Å². The first-order valence-corrected chi connectivity index (χ1v) is 10.1. The molecular weight excluding hydrogens is 433 g/mol. The number of carbonyl (C=O) groups is 1. The molecule has 5 nitrogen and oxygen atoms in total. The second kappa shape index (κ2) is 10.5. The number of carboxylic acids is 1. The van der Waals surface area contributed by atoms with E-state index >= 15 is 0 Å². The molecule has 3 rings (SSSR count). The van der Waals surface area contributed by atoms with Gasteiger partial charge < -0.3 is 14.6 Å². The van der Waals surface area contributed by atoms with E-state index in [4.69, 9.17) is 26.2 Å². The first-order valence-electron chi connectivity index (χ1n) is 9.70. The van der Waals surface area contributed by atoms with E-state index < -0.39 is 5.97 Å². The summed E-state index contributed by atoms with van der Waals surface area (Å²) < 4.78 is 24.6. The molecule has 0 fully saturated rings. The highest BCUT2D eigenvalue weighted by molar-refractivity contribution is 6.32. The minimum absolute atomic E-state index is 0.135. The van der Waals surface area contributed by atoms with Gasteiger partial charge in [0.15, 0.2) is 11.5 Å². The molecule has 0 aliphatic heterocycles. The Morgan fingerprint density at radius 1 is 1.09 bits per heavy atom. The van der Waals surface area contributed by atoms with E-state index in [0.717, 1.165) is 5.56 Å². The van der Waals surface area contributed by atoms with Gasteiger partial charge >= 0.3 is 5.97 Å². The summed E-state index contributed by atoms with van der Waals surface area (Å²) in [5.41, 5.74) is 2.43. The van der Waals surface area contributed by atoms with Crippen LogP contribution in [-0.4, -0.2) is 17.7 Å². The molecule has 0 aliphatic rings. The fourth-order valence-electron chi connectivity index (χ4n) is 2.95. The predicted molar refractivity (Wildman–Crippen MR) is 120 cm³/mol. The Hall–Kier alpha value is -3.82. The van der Waals surface area contributed by atoms with Crippen LogP contribution in [0.4, 0.5) is 4.39 Å². The molecule has 3 aromatic carbocycles. The first kappa shape index (κ1) is 22.9. The van der Waals surface area contributed by atoms with Gasteiger partial charge in [-0.15, -0.1) is 0 Å². The molecule has 3 aromatic rings. The number of benzene rings is 3. The second-order valence-corrected chi connectivity index (χ2v) is 7.14. The zero-order valence-electron chi connectivity index (χ0n) is 17.1. The summed E-state index contributed by atoms with van der Waals surface area (Å²) in [7, 11) is 0. The summed E-state index contributed by atoms with van der Waals surface area (Å²) in [5.74, 6) is -0.613. The van der Waals surface area contributed by atoms with Crippen molar-refractivity contribution in [1.29, 1.82) is 5.26 Å². The van der Waals surface area contributed by atoms with Crippen LogP contribution in [-0.2, 0) is 6.61 Å². The zero-order valence-corrected chi connectivity index (χ0v) is 17.9. The molecule has 0 saturated carbocycles. The molecule has 0 aliphatic carbocycles. The van der Waals surface area contributed by atoms with Crippen LogP contribution in [0.3, 0.4) is 0 Å². The Kier molecular flexibility index (Phi) is 7.48. The third-order valence-corrected chi connectivity index (χ3v) is 4.78. The number of hydrogen-bond acceptors (Lipinski definition) is 4. The van der Waals surface area contributed by atoms with E-state index in [2.05, 4.69) is 6.07 Å². The highest BCUT2D eigenvalue weighted by Gasteiger charge is 2.14. The van der Waals surface area contributed by atoms with Crippen LogP contribution in [0, 0.1) is 17.1 Å². The number of carboxylic acid groups (broad SMARTS) is 1. The zero-order chi connectivity index (χ0) is 23.1. The highest BCUT2D eigenvalue weighted by atomic mass is 35.5. The number of allylic oxidation sites excluding steroid dienone is 1. The number of rotatable bonds is 8. The lowest BCUT2D eigenvalue weighted by Gasteiger charge is -2.15. The quantitative estimate of drug-likeness (QED) is 0.325. The van der Waals surface area contributed by atoms with E-state index in [9.17, 15) is 14.4 Å². The Bertz CT molecular complexity index is 1180. The third-order valence-electron chi connectivity index (χ3n) is 4.50. The van der Waals surface area contributed by atoms with Gasteiger partial charge in [0.25, 0.3) is 0 Å². The Labute approximate surface area is 189 Å². The Morgan fingerprint density at radius 3 is 2.34 bits per heavy atom. The monoisotopic (exact) mass is 451 g/mol. The van der Waals surface area contributed by atoms with Crippen molar-refractivity contribution < 1.29 is 23.8 Å². The summed E-state index contributed by atoms with van der Waals surface area (Å²) in [5, 5.41) is 18.9. The normalized spacial score (nSPS) is 11.0. The lowest BCUT2D eigenvalue weighted by Crippen LogP contribution is -2.01. The van der Waals surface area contributed by atoms with Gasteiger partial charge in [-0.3, -0.25) is 0 Å². The predicted octanol–water partition coefficient (Wildman–Crippen LogP) is 6.22. The second-order valence-electron chi connectivity index (χ2n) is 6.73. The lowest BCUT2D eigenvalue weighted by atomic mass is 10.0. The van der Waals surface area contributed by atoms with E-state index in [0.29, 0.717) is 39.8 Å². The van der Waals surface area contributed by atoms with Crippen LogP contribution in [0.2, 0.25) is 5.02 Å². The Morgan fingerprint density at radius 2 is 1.75 bits per heavy atom. The molecule has 0 amide bonds. The van der Waals surface area contributed by atoms with E-state index in [-0.39, 0.29) is 18.0 Å². The number of ether oxygens (including phenoxy) is 2. The standard InChI is InChI=1S/C25H19ClFNO4/c1-2-31-23-13-17(11-20(14-28)18-5-7-19(8-6-18)25(29)30)12-22(26)24(23)32-15-16-3-9-21(27)10-4-16/h3-13H,2,15H2,1H3,(H,29,30). The number of aromatic carboxylic acids is 1. The third kappa shape index (κ3) is 5.65. The summed E-state index contributed by atoms with van der Waals surface area (Å²) in [6.45, 7) is 2.37. The number of nitriles is 1. The highest BCUT2D eigenvalue weighted by Crippen LogP contribution is 2.38. The fourth-order valence-corrected chi connectivity index (χ4v) is 3.22. The maximum Gasteiger partial charge on any atom is 0.335 e. The molecule has 0 heterocycles. The van der Waals surface area contributed by atoms with Crippen LogP contribution in [0.25, 0.3) is 11.6 Å². The molecule has 32 heavy (non-hydrogen) atoms. The van der Waals surface area contributed by atoms with Crippen molar-refractivity contribution in [2.45, 2.75) is 13.5 Å². The molecule has 0 atom stereocenters. The van der Waals surface area contributed by atoms with Gasteiger partial charge in [0, 0.05) is 0 Å². The molecule has 162 valence electrons. The van der Waals surface area contributed by atoms with Crippen molar-refractivity contribution in [3.8, 4) is 17.6 Å². The van der Waals surface area contributed by atoms with Gasteiger partial charge in [0.05, 0.1) is 28.8 Å². The minimum atomic E-state index is -1.04. The van der Waals surface area contributed by atoms with Crippen LogP contribution < -0.4 is 9.47 Å². The van der Waals surface area contributed by atoms with Gasteiger partial charge in [-0.05, 0) is 66.1 Å². The molecule has 0 unspecified atom stereocenters. The van der Waals surface area contributed by atoms with Crippen molar-refractivity contribution in [3.05, 3.63) is 93.8 Å². The molecule has 0 spiro atoms. The topological polar surface area (TPSA) is 79.5 Å². The lowest BCUT2D eigenvalue weighted by molar-refractivity contribution is 0.0697. The molecule has 0 bridgehead atoms. The smallest absolute Gasteiger partial charge is 0.335 e. The van der Waals surface area contributed by atoms with Crippen LogP contribution in [0.5, 0.6) is 11.5 Å². The van der Waals surface area contributed by atoms with Crippen molar-refractivity contribution >= 4 is 29.2 Å². The van der Waals surface area contributed by atoms with E-state index in [1.54, 1.807) is 42.5 Å². The van der Waals surface area contributed by atoms with Crippen molar-refractivity contribution in [3.63, 3.8) is 0 Å². The minimum Gasteiger partial charge on any atom is -0.490 e. The average Bonchev–Trinajstić information content (AvgIpc) is 2.78. The van der Waals surface area contributed by atoms with Crippen LogP contribution in [0.15, 0.2) is 60.7 Å². The van der Waals surface area contributed by atoms with Gasteiger partial charge in [-0.2, -0.15) is 5.26 Å². The number of halogens is 2. The number of nitrogens with zero attached hydrogens (tertiary/aromatic N) is 1. The molecule has 1 N–H and O–H groups in total. The van der Waals surface area contributed by atoms with Gasteiger partial charge in [-0.25, -0.2) is 9.18 Å². The van der Waals surface area contributed by atoms with Gasteiger partial charge in [0.1, 0.15) is 12.4 Å². The first-order chi connectivity index (χ1) is 15.4. The van der Waals surface area contributed by atoms with E-state index in [1.807, 2.05) is 6.92 Å². The summed E-state index contributed by atoms with van der Waals surface area (Å²) >= 11 is 6.45. The van der Waals surface area contributed by atoms with E-state index in [1.165, 1.54) is 24.3 Å². The van der Waals surface area contributed by atoms with Gasteiger partial charge in [-0.1, -0.05) is 35.9 Å². The molecular formula is C25H19ClFNO4. The fraction of sp³-hybridized carbons (Fsp3) is 0.120. The SMILES string of the molecule is CCOc1cc(C=C(C#N)c2ccc(C(=O)O)cc2)cc(Cl)c1OCc1ccc(F)cc1. The Balaban J connectivity index is 1.90. The molecule has 0 radical (unpaired) electrons. The maximum absolute atomic E-state index is 13.1.